The van der Waals surface area contributed by atoms with Crippen LogP contribution in [0.1, 0.15) is 81.0 Å². The molecule has 0 bridgehead atoms. The molecule has 0 aliphatic heterocycles. The maximum Gasteiger partial charge on any atom is 0.130 e. The summed E-state index contributed by atoms with van der Waals surface area (Å²) >= 11 is 0. The number of allylic oxidation sites excluding steroid dienone is 4. The van der Waals surface area contributed by atoms with Gasteiger partial charge in [0.15, 0.2) is 0 Å². The summed E-state index contributed by atoms with van der Waals surface area (Å²) in [6, 6.07) is 20.9. The molecule has 0 aromatic heterocycles. The van der Waals surface area contributed by atoms with Crippen LogP contribution in [0.2, 0.25) is 0 Å². The van der Waals surface area contributed by atoms with E-state index in [1.165, 1.54) is 17.5 Å². The minimum Gasteiger partial charge on any atom is -0.508 e. The first-order chi connectivity index (χ1) is 20.7. The van der Waals surface area contributed by atoms with Gasteiger partial charge < -0.3 is 20.1 Å². The van der Waals surface area contributed by atoms with Gasteiger partial charge in [0.05, 0.1) is 7.11 Å². The van der Waals surface area contributed by atoms with Gasteiger partial charge in [-0.05, 0) is 140 Å². The van der Waals surface area contributed by atoms with Crippen molar-refractivity contribution in [2.45, 2.75) is 70.8 Å². The van der Waals surface area contributed by atoms with Gasteiger partial charge in [0.25, 0.3) is 0 Å². The summed E-state index contributed by atoms with van der Waals surface area (Å²) in [4.78, 5) is 0. The Hall–Kier alpha value is -3.94. The Labute approximate surface area is 256 Å². The first kappa shape index (κ1) is 30.5. The smallest absolute Gasteiger partial charge is 0.130 e. The number of benzene rings is 3. The Kier molecular flexibility index (Phi) is 8.76. The van der Waals surface area contributed by atoms with E-state index in [2.05, 4.69) is 43.2 Å². The fourth-order valence-electron chi connectivity index (χ4n) is 8.18. The van der Waals surface area contributed by atoms with Gasteiger partial charge in [-0.15, -0.1) is 6.42 Å². The van der Waals surface area contributed by atoms with Crippen LogP contribution >= 0.6 is 0 Å². The molecule has 0 spiro atoms. The Morgan fingerprint density at radius 2 is 1.44 bits per heavy atom. The molecule has 3 aliphatic carbocycles. The normalized spacial score (nSPS) is 28.0. The maximum atomic E-state index is 11.0. The summed E-state index contributed by atoms with van der Waals surface area (Å²) in [6.45, 7) is 6.22. The summed E-state index contributed by atoms with van der Waals surface area (Å²) in [6.07, 6.45) is 16.2. The zero-order valence-electron chi connectivity index (χ0n) is 25.8. The van der Waals surface area contributed by atoms with E-state index in [-0.39, 0.29) is 16.9 Å². The molecular formula is C39H44O4. The quantitative estimate of drug-likeness (QED) is 0.215. The molecule has 43 heavy (non-hydrogen) atoms. The van der Waals surface area contributed by atoms with Crippen molar-refractivity contribution in [1.82, 2.24) is 0 Å². The Bertz CT molecular complexity index is 1480. The zero-order chi connectivity index (χ0) is 30.8. The molecule has 3 aromatic rings. The van der Waals surface area contributed by atoms with Crippen LogP contribution in [-0.2, 0) is 6.42 Å². The summed E-state index contributed by atoms with van der Waals surface area (Å²) < 4.78 is 5.39. The van der Waals surface area contributed by atoms with E-state index in [0.29, 0.717) is 17.8 Å². The molecular weight excluding hydrogens is 532 g/mol. The number of methoxy groups -OCH3 is 1. The minimum atomic E-state index is -0.900. The Morgan fingerprint density at radius 3 is 1.95 bits per heavy atom. The number of aliphatic hydroxyl groups is 1. The van der Waals surface area contributed by atoms with E-state index in [0.717, 1.165) is 60.1 Å². The van der Waals surface area contributed by atoms with Gasteiger partial charge in [-0.2, -0.15) is 0 Å². The number of phenols is 2. The number of terminal acetylenes is 1. The molecule has 0 saturated heterocycles. The van der Waals surface area contributed by atoms with Gasteiger partial charge in [0.2, 0.25) is 0 Å². The Morgan fingerprint density at radius 1 is 0.860 bits per heavy atom. The second kappa shape index (κ2) is 12.3. The molecule has 2 fully saturated rings. The van der Waals surface area contributed by atoms with E-state index in [4.69, 9.17) is 11.2 Å². The molecule has 3 aromatic carbocycles. The van der Waals surface area contributed by atoms with Crippen LogP contribution in [0.15, 0.2) is 78.9 Å². The average Bonchev–Trinajstić information content (AvgIpc) is 3.31. The van der Waals surface area contributed by atoms with Crippen LogP contribution in [0.25, 0.3) is 11.1 Å². The molecule has 4 nitrogen and oxygen atoms in total. The number of fused-ring (bicyclic) bond motifs is 5. The minimum absolute atomic E-state index is 0.104. The lowest BCUT2D eigenvalue weighted by molar-refractivity contribution is -0.0646. The summed E-state index contributed by atoms with van der Waals surface area (Å²) in [7, 11) is 1.73. The molecule has 3 N–H and O–H groups in total. The van der Waals surface area contributed by atoms with E-state index < -0.39 is 5.60 Å². The van der Waals surface area contributed by atoms with Crippen LogP contribution < -0.4 is 4.74 Å². The van der Waals surface area contributed by atoms with Crippen molar-refractivity contribution in [2.24, 2.45) is 17.3 Å². The first-order valence-corrected chi connectivity index (χ1v) is 15.5. The van der Waals surface area contributed by atoms with E-state index in [1.54, 1.807) is 31.4 Å². The van der Waals surface area contributed by atoms with Gasteiger partial charge in [-0.25, -0.2) is 0 Å². The number of aromatic hydroxyl groups is 2. The fraction of sp³-hybridized carbons (Fsp3) is 0.385. The molecule has 2 saturated carbocycles. The molecule has 0 radical (unpaired) electrons. The number of phenolic OH excluding ortho intramolecular Hbond substituents is 2. The Balaban J connectivity index is 0.000000173. The van der Waals surface area contributed by atoms with Gasteiger partial charge in [-0.3, -0.25) is 0 Å². The van der Waals surface area contributed by atoms with E-state index >= 15 is 0 Å². The van der Waals surface area contributed by atoms with Crippen molar-refractivity contribution < 1.29 is 20.1 Å². The lowest BCUT2D eigenvalue weighted by atomic mass is 9.53. The first-order valence-electron chi connectivity index (χ1n) is 15.5. The van der Waals surface area contributed by atoms with Crippen LogP contribution in [0.5, 0.6) is 17.2 Å². The van der Waals surface area contributed by atoms with Crippen molar-refractivity contribution in [3.63, 3.8) is 0 Å². The van der Waals surface area contributed by atoms with Crippen molar-refractivity contribution in [3.05, 3.63) is 101 Å². The highest BCUT2D eigenvalue weighted by molar-refractivity contribution is 6.04. The predicted octanol–water partition coefficient (Wildman–Crippen LogP) is 8.52. The number of ether oxygens (including phenoxy) is 1. The molecule has 0 unspecified atom stereocenters. The van der Waals surface area contributed by atoms with Crippen molar-refractivity contribution in [2.75, 3.05) is 7.11 Å². The largest absolute Gasteiger partial charge is 0.508 e. The monoisotopic (exact) mass is 576 g/mol. The van der Waals surface area contributed by atoms with Crippen LogP contribution in [-0.4, -0.2) is 28.0 Å². The molecule has 224 valence electrons. The SMILES string of the molecule is C#C[C@]1(O)CC[C@H]2[C@@H]3CCc4cc(OC)ccc4[C@H]3CC[C@@]21C.C/C=C(/C(=C/C)c1ccc(O)cc1)c1ccc(O)cc1. The second-order valence-electron chi connectivity index (χ2n) is 12.5. The number of hydrogen-bond acceptors (Lipinski definition) is 4. The summed E-state index contributed by atoms with van der Waals surface area (Å²) in [5.41, 5.74) is 6.25. The van der Waals surface area contributed by atoms with Crippen LogP contribution in [0.4, 0.5) is 0 Å². The number of aryl methyl sites for hydroxylation is 1. The second-order valence-corrected chi connectivity index (χ2v) is 12.5. The van der Waals surface area contributed by atoms with Crippen molar-refractivity contribution >= 4 is 11.1 Å². The topological polar surface area (TPSA) is 69.9 Å². The zero-order valence-corrected chi connectivity index (χ0v) is 25.8. The third-order valence-electron chi connectivity index (χ3n) is 10.5. The standard InChI is InChI=1S/C21H26O2.C18H18O2/c1-4-21(22)12-10-19-18-7-5-14-13-15(23-3)6-8-16(14)17(18)9-11-20(19,21)2;1-3-17(13-5-9-15(19)10-6-13)18(4-2)14-7-11-16(20)12-8-14/h1,6,8,13,17-19,22H,5,7,9-12H2,2-3H3;3-12,19-20H,1-2H3/b;17-3+,18-4+/t17-,18-,19+,20+,21+;/m1./s1. The van der Waals surface area contributed by atoms with Crippen molar-refractivity contribution in [3.8, 4) is 29.6 Å². The lowest BCUT2D eigenvalue weighted by Gasteiger charge is -2.52. The van der Waals surface area contributed by atoms with E-state index in [1.807, 2.05) is 38.1 Å². The molecule has 4 heteroatoms. The highest BCUT2D eigenvalue weighted by Gasteiger charge is 2.61. The third-order valence-corrected chi connectivity index (χ3v) is 10.5. The summed E-state index contributed by atoms with van der Waals surface area (Å²) in [5.74, 6) is 6.08. The lowest BCUT2D eigenvalue weighted by Crippen LogP contribution is -2.50. The maximum absolute atomic E-state index is 11.0. The highest BCUT2D eigenvalue weighted by atomic mass is 16.5. The van der Waals surface area contributed by atoms with Gasteiger partial charge in [-0.1, -0.05) is 55.3 Å². The fourth-order valence-corrected chi connectivity index (χ4v) is 8.18. The van der Waals surface area contributed by atoms with Gasteiger partial charge >= 0.3 is 0 Å². The molecule has 3 aliphatic rings. The molecule has 0 heterocycles. The van der Waals surface area contributed by atoms with E-state index in [9.17, 15) is 15.3 Å². The highest BCUT2D eigenvalue weighted by Crippen LogP contribution is 2.64. The third kappa shape index (κ3) is 5.59. The molecule has 6 rings (SSSR count). The summed E-state index contributed by atoms with van der Waals surface area (Å²) in [5, 5.41) is 29.7. The van der Waals surface area contributed by atoms with Crippen molar-refractivity contribution in [1.29, 1.82) is 0 Å². The van der Waals surface area contributed by atoms with Crippen LogP contribution in [0.3, 0.4) is 0 Å². The predicted molar refractivity (Wildman–Crippen MR) is 175 cm³/mol. The van der Waals surface area contributed by atoms with Gasteiger partial charge in [0.1, 0.15) is 22.8 Å². The molecule has 5 atom stereocenters. The number of hydrogen-bond donors (Lipinski definition) is 3. The molecule has 0 amide bonds. The van der Waals surface area contributed by atoms with Crippen LogP contribution in [0, 0.1) is 29.6 Å². The number of rotatable bonds is 4. The average molecular weight is 577 g/mol. The van der Waals surface area contributed by atoms with Gasteiger partial charge in [0, 0.05) is 5.41 Å².